The Morgan fingerprint density at radius 1 is 1.24 bits per heavy atom. The van der Waals surface area contributed by atoms with E-state index in [1.807, 2.05) is 18.2 Å². The Morgan fingerprint density at radius 3 is 3.03 bits per heavy atom. The van der Waals surface area contributed by atoms with E-state index < -0.39 is 0 Å². The number of pyridine rings is 1. The molecule has 3 amide bonds. The minimum atomic E-state index is -0.135. The second-order valence-electron chi connectivity index (χ2n) is 11.2. The number of carbonyl (C=O) groups excluding carboxylic acids is 3. The molecule has 5 aliphatic rings. The summed E-state index contributed by atoms with van der Waals surface area (Å²) in [5.41, 5.74) is 2.76. The van der Waals surface area contributed by atoms with E-state index in [4.69, 9.17) is 0 Å². The predicted octanol–water partition coefficient (Wildman–Crippen LogP) is 1.39. The van der Waals surface area contributed by atoms with Gasteiger partial charge in [-0.05, 0) is 72.8 Å². The average molecular weight is 448 g/mol. The molecule has 8 heteroatoms. The smallest absolute Gasteiger partial charge is 0.268 e. The molecule has 5 fully saturated rings. The van der Waals surface area contributed by atoms with Crippen LogP contribution in [0, 0.1) is 28.6 Å². The lowest BCUT2D eigenvalue weighted by Crippen LogP contribution is -2.50. The fourth-order valence-corrected chi connectivity index (χ4v) is 7.67. The van der Waals surface area contributed by atoms with Crippen LogP contribution in [0.5, 0.6) is 0 Å². The normalized spacial score (nSPS) is 35.6. The Hall–Kier alpha value is -2.90. The maximum atomic E-state index is 13.2. The molecule has 4 saturated carbocycles. The summed E-state index contributed by atoms with van der Waals surface area (Å²) < 4.78 is 1.78. The first kappa shape index (κ1) is 19.6. The molecule has 8 nitrogen and oxygen atoms in total. The number of nitrogens with one attached hydrogen (secondary N) is 2. The zero-order valence-electron chi connectivity index (χ0n) is 18.7. The third kappa shape index (κ3) is 3.02. The number of fused-ring (bicyclic) bond motifs is 3. The van der Waals surface area contributed by atoms with Crippen molar-refractivity contribution < 1.29 is 14.4 Å². The lowest BCUT2D eigenvalue weighted by atomic mass is 9.71. The van der Waals surface area contributed by atoms with E-state index in [1.165, 1.54) is 32.1 Å². The molecule has 0 aromatic carbocycles. The topological polar surface area (TPSA) is 95.8 Å². The standard InChI is InChI=1S/C25H29N5O3/c31-21-12-29(5-4-26-21)22(32)7-17-11-30-19(2-1-3-20(30)28-17)23(33)27-14-24-8-15-6-18(15)25(13-24)10-16(25)9-24/h1-3,11,15-16,18H,4-10,12-14H2,(H,26,31)(H,27,33)/t15?,16?,18-,24?,25?/m0/s1. The Labute approximate surface area is 192 Å². The summed E-state index contributed by atoms with van der Waals surface area (Å²) in [7, 11) is 0. The maximum Gasteiger partial charge on any atom is 0.268 e. The molecule has 2 bridgehead atoms. The van der Waals surface area contributed by atoms with Crippen LogP contribution in [-0.4, -0.2) is 58.2 Å². The van der Waals surface area contributed by atoms with Crippen LogP contribution < -0.4 is 10.6 Å². The van der Waals surface area contributed by atoms with Crippen LogP contribution in [0.2, 0.25) is 0 Å². The minimum absolute atomic E-state index is 0.0782. The van der Waals surface area contributed by atoms with Crippen LogP contribution >= 0.6 is 0 Å². The van der Waals surface area contributed by atoms with Crippen LogP contribution in [0.15, 0.2) is 24.4 Å². The van der Waals surface area contributed by atoms with E-state index in [0.29, 0.717) is 41.0 Å². The summed E-state index contributed by atoms with van der Waals surface area (Å²) in [6.45, 7) is 1.84. The lowest BCUT2D eigenvalue weighted by Gasteiger charge is -2.36. The SMILES string of the molecule is O=C1CN(C(=O)Cc2cn3c(C(=O)NCC45CC6C[C@@H]6C6(CC6C4)C5)cccc3n2)CCN1. The van der Waals surface area contributed by atoms with Crippen LogP contribution in [0.1, 0.15) is 48.3 Å². The molecule has 1 spiro atoms. The van der Waals surface area contributed by atoms with Gasteiger partial charge in [-0.25, -0.2) is 4.98 Å². The summed E-state index contributed by atoms with van der Waals surface area (Å²) in [6.07, 6.45) is 8.63. The third-order valence-electron chi connectivity index (χ3n) is 9.14. The van der Waals surface area contributed by atoms with Gasteiger partial charge in [0.05, 0.1) is 18.7 Å². The number of imidazole rings is 1. The van der Waals surface area contributed by atoms with Gasteiger partial charge in [0.2, 0.25) is 11.8 Å². The van der Waals surface area contributed by atoms with Gasteiger partial charge in [-0.15, -0.1) is 0 Å². The number of amides is 3. The molecule has 1 aliphatic heterocycles. The second-order valence-corrected chi connectivity index (χ2v) is 11.2. The molecule has 1 saturated heterocycles. The summed E-state index contributed by atoms with van der Waals surface area (Å²) >= 11 is 0. The molecular weight excluding hydrogens is 418 g/mol. The molecule has 4 aliphatic carbocycles. The van der Waals surface area contributed by atoms with Gasteiger partial charge in [-0.2, -0.15) is 0 Å². The first-order chi connectivity index (χ1) is 15.9. The quantitative estimate of drug-likeness (QED) is 0.724. The minimum Gasteiger partial charge on any atom is -0.353 e. The summed E-state index contributed by atoms with van der Waals surface area (Å²) in [6, 6.07) is 5.50. The summed E-state index contributed by atoms with van der Waals surface area (Å²) in [4.78, 5) is 43.5. The number of hydrogen-bond donors (Lipinski definition) is 2. The van der Waals surface area contributed by atoms with Gasteiger partial charge in [-0.1, -0.05) is 6.07 Å². The molecule has 2 aromatic rings. The van der Waals surface area contributed by atoms with E-state index in [1.54, 1.807) is 15.5 Å². The first-order valence-corrected chi connectivity index (χ1v) is 12.2. The van der Waals surface area contributed by atoms with Gasteiger partial charge in [0.25, 0.3) is 5.91 Å². The highest BCUT2D eigenvalue weighted by atomic mass is 16.2. The van der Waals surface area contributed by atoms with E-state index in [-0.39, 0.29) is 30.7 Å². The number of hydrogen-bond acceptors (Lipinski definition) is 4. The fraction of sp³-hybridized carbons (Fsp3) is 0.600. The van der Waals surface area contributed by atoms with E-state index >= 15 is 0 Å². The summed E-state index contributed by atoms with van der Waals surface area (Å²) in [5, 5.41) is 5.98. The maximum absolute atomic E-state index is 13.2. The number of aromatic nitrogens is 2. The van der Waals surface area contributed by atoms with E-state index in [0.717, 1.165) is 24.3 Å². The molecule has 33 heavy (non-hydrogen) atoms. The van der Waals surface area contributed by atoms with Gasteiger partial charge in [-0.3, -0.25) is 18.8 Å². The number of piperazine rings is 1. The van der Waals surface area contributed by atoms with Gasteiger partial charge in [0, 0.05) is 25.8 Å². The molecule has 172 valence electrons. The first-order valence-electron chi connectivity index (χ1n) is 12.2. The van der Waals surface area contributed by atoms with Crippen LogP contribution in [0.25, 0.3) is 5.65 Å². The zero-order chi connectivity index (χ0) is 22.4. The van der Waals surface area contributed by atoms with Crippen molar-refractivity contribution in [1.29, 1.82) is 0 Å². The number of rotatable bonds is 5. The molecule has 2 N–H and O–H groups in total. The molecule has 4 unspecified atom stereocenters. The zero-order valence-corrected chi connectivity index (χ0v) is 18.7. The Kier molecular flexibility index (Phi) is 3.90. The largest absolute Gasteiger partial charge is 0.353 e. The fourth-order valence-electron chi connectivity index (χ4n) is 7.67. The van der Waals surface area contributed by atoms with Crippen molar-refractivity contribution in [3.8, 4) is 0 Å². The van der Waals surface area contributed by atoms with Gasteiger partial charge < -0.3 is 15.5 Å². The second kappa shape index (κ2) is 6.58. The molecule has 7 rings (SSSR count). The Balaban J connectivity index is 1.06. The highest BCUT2D eigenvalue weighted by Gasteiger charge is 2.76. The molecule has 5 atom stereocenters. The van der Waals surface area contributed by atoms with Crippen LogP contribution in [0.4, 0.5) is 0 Å². The van der Waals surface area contributed by atoms with E-state index in [2.05, 4.69) is 15.6 Å². The predicted molar refractivity (Wildman–Crippen MR) is 119 cm³/mol. The van der Waals surface area contributed by atoms with Crippen molar-refractivity contribution in [2.24, 2.45) is 28.6 Å². The molecule has 0 radical (unpaired) electrons. The Bertz CT molecular complexity index is 1200. The van der Waals surface area contributed by atoms with Crippen LogP contribution in [-0.2, 0) is 16.0 Å². The van der Waals surface area contributed by atoms with Gasteiger partial charge in [0.15, 0.2) is 0 Å². The Morgan fingerprint density at radius 2 is 2.15 bits per heavy atom. The monoisotopic (exact) mass is 447 g/mol. The highest BCUT2D eigenvalue weighted by Crippen LogP contribution is 2.83. The van der Waals surface area contributed by atoms with E-state index in [9.17, 15) is 14.4 Å². The summed E-state index contributed by atoms with van der Waals surface area (Å²) in [5.74, 6) is 2.48. The van der Waals surface area contributed by atoms with Crippen molar-refractivity contribution in [3.05, 3.63) is 35.8 Å². The van der Waals surface area contributed by atoms with Crippen molar-refractivity contribution in [3.63, 3.8) is 0 Å². The number of nitrogens with zero attached hydrogens (tertiary/aromatic N) is 3. The molecular formula is C25H29N5O3. The third-order valence-corrected chi connectivity index (χ3v) is 9.14. The number of carbonyl (C=O) groups is 3. The van der Waals surface area contributed by atoms with Crippen LogP contribution in [0.3, 0.4) is 0 Å². The van der Waals surface area contributed by atoms with Crippen molar-refractivity contribution in [2.45, 2.75) is 38.5 Å². The molecule has 3 heterocycles. The van der Waals surface area contributed by atoms with Crippen molar-refractivity contribution in [1.82, 2.24) is 24.9 Å². The highest BCUT2D eigenvalue weighted by molar-refractivity contribution is 5.93. The van der Waals surface area contributed by atoms with Gasteiger partial charge in [0.1, 0.15) is 11.3 Å². The van der Waals surface area contributed by atoms with Crippen molar-refractivity contribution >= 4 is 23.4 Å². The van der Waals surface area contributed by atoms with Crippen molar-refractivity contribution in [2.75, 3.05) is 26.2 Å². The van der Waals surface area contributed by atoms with Gasteiger partial charge >= 0.3 is 0 Å². The molecule has 2 aromatic heterocycles. The average Bonchev–Trinajstić information content (AvgIpc) is 3.64. The lowest BCUT2D eigenvalue weighted by molar-refractivity contribution is -0.137.